The van der Waals surface area contributed by atoms with Crippen molar-refractivity contribution >= 4 is 25.8 Å². The molecule has 0 heterocycles. The molecule has 0 fully saturated rings. The van der Waals surface area contributed by atoms with Crippen molar-refractivity contribution < 1.29 is 12.8 Å². The molecule has 0 aliphatic heterocycles. The van der Waals surface area contributed by atoms with Crippen LogP contribution >= 0.6 is 15.9 Å². The van der Waals surface area contributed by atoms with E-state index in [4.69, 9.17) is 5.84 Å². The molecule has 18 heavy (non-hydrogen) atoms. The van der Waals surface area contributed by atoms with E-state index >= 15 is 0 Å². The Morgan fingerprint density at radius 3 is 2.56 bits per heavy atom. The molecule has 0 saturated heterocycles. The van der Waals surface area contributed by atoms with Crippen molar-refractivity contribution in [2.45, 2.75) is 24.6 Å². The molecule has 0 aromatic heterocycles. The third-order valence-corrected chi connectivity index (χ3v) is 5.08. The minimum Gasteiger partial charge on any atom is -0.271 e. The van der Waals surface area contributed by atoms with Crippen molar-refractivity contribution in [2.75, 3.05) is 6.26 Å². The molecule has 0 spiro atoms. The highest BCUT2D eigenvalue weighted by Gasteiger charge is 2.26. The van der Waals surface area contributed by atoms with Gasteiger partial charge in [-0.25, -0.2) is 12.8 Å². The average Bonchev–Trinajstić information content (AvgIpc) is 2.26. The first kappa shape index (κ1) is 15.6. The Hall–Kier alpha value is -0.500. The van der Waals surface area contributed by atoms with Crippen LogP contribution < -0.4 is 11.3 Å². The first-order valence-electron chi connectivity index (χ1n) is 5.34. The molecule has 102 valence electrons. The van der Waals surface area contributed by atoms with Gasteiger partial charge in [0.1, 0.15) is 5.82 Å². The summed E-state index contributed by atoms with van der Waals surface area (Å²) < 4.78 is 37.2. The average molecular weight is 339 g/mol. The van der Waals surface area contributed by atoms with Crippen LogP contribution in [0, 0.1) is 5.82 Å². The van der Waals surface area contributed by atoms with Gasteiger partial charge in [-0.2, -0.15) is 0 Å². The van der Waals surface area contributed by atoms with Crippen molar-refractivity contribution in [1.82, 2.24) is 5.43 Å². The zero-order valence-electron chi connectivity index (χ0n) is 10.2. The van der Waals surface area contributed by atoms with Gasteiger partial charge in [0.15, 0.2) is 9.84 Å². The second-order valence-electron chi connectivity index (χ2n) is 4.25. The second-order valence-corrected chi connectivity index (χ2v) is 7.57. The molecule has 2 unspecified atom stereocenters. The third kappa shape index (κ3) is 4.01. The molecule has 4 nitrogen and oxygen atoms in total. The van der Waals surface area contributed by atoms with Crippen LogP contribution in [0.1, 0.15) is 12.5 Å². The summed E-state index contributed by atoms with van der Waals surface area (Å²) in [7, 11) is -3.23. The van der Waals surface area contributed by atoms with E-state index in [1.807, 2.05) is 0 Å². The van der Waals surface area contributed by atoms with E-state index in [2.05, 4.69) is 21.4 Å². The number of hydrogen-bond acceptors (Lipinski definition) is 4. The lowest BCUT2D eigenvalue weighted by atomic mass is 10.0. The van der Waals surface area contributed by atoms with E-state index in [1.54, 1.807) is 19.1 Å². The first-order chi connectivity index (χ1) is 8.25. The highest BCUT2D eigenvalue weighted by molar-refractivity contribution is 9.10. The van der Waals surface area contributed by atoms with Crippen LogP contribution in [0.15, 0.2) is 22.7 Å². The molecule has 1 aromatic carbocycles. The Morgan fingerprint density at radius 1 is 1.50 bits per heavy atom. The molecular weight excluding hydrogens is 323 g/mol. The van der Waals surface area contributed by atoms with Gasteiger partial charge in [0.05, 0.1) is 5.25 Å². The summed E-state index contributed by atoms with van der Waals surface area (Å²) in [6.07, 6.45) is 1.35. The summed E-state index contributed by atoms with van der Waals surface area (Å²) in [5.41, 5.74) is 2.87. The van der Waals surface area contributed by atoms with E-state index in [0.717, 1.165) is 6.26 Å². The van der Waals surface area contributed by atoms with Crippen LogP contribution in [0.25, 0.3) is 0 Å². The summed E-state index contributed by atoms with van der Waals surface area (Å²) in [4.78, 5) is 0. The molecule has 1 rings (SSSR count). The minimum atomic E-state index is -3.23. The van der Waals surface area contributed by atoms with E-state index in [9.17, 15) is 12.8 Å². The van der Waals surface area contributed by atoms with Crippen LogP contribution in [-0.2, 0) is 16.3 Å². The Balaban J connectivity index is 2.93. The minimum absolute atomic E-state index is 0.212. The summed E-state index contributed by atoms with van der Waals surface area (Å²) in [6, 6.07) is 4.12. The SMILES string of the molecule is CC(C(Cc1ccc(Br)cc1F)NN)S(C)(=O)=O. The van der Waals surface area contributed by atoms with Crippen LogP contribution in [0.4, 0.5) is 4.39 Å². The second kappa shape index (κ2) is 6.10. The fourth-order valence-electron chi connectivity index (χ4n) is 1.58. The zero-order valence-corrected chi connectivity index (χ0v) is 12.6. The predicted molar refractivity (Wildman–Crippen MR) is 73.2 cm³/mol. The van der Waals surface area contributed by atoms with E-state index in [1.165, 1.54) is 6.07 Å². The first-order valence-corrected chi connectivity index (χ1v) is 8.09. The predicted octanol–water partition coefficient (Wildman–Crippen LogP) is 1.40. The number of hydrazine groups is 1. The van der Waals surface area contributed by atoms with Crippen molar-refractivity contribution in [3.63, 3.8) is 0 Å². The number of nitrogens with two attached hydrogens (primary N) is 1. The maximum absolute atomic E-state index is 13.7. The molecule has 0 saturated carbocycles. The third-order valence-electron chi connectivity index (χ3n) is 2.91. The molecule has 0 bridgehead atoms. The number of nitrogens with one attached hydrogen (secondary N) is 1. The van der Waals surface area contributed by atoms with Gasteiger partial charge in [-0.3, -0.25) is 11.3 Å². The van der Waals surface area contributed by atoms with Crippen LogP contribution in [-0.4, -0.2) is 26.0 Å². The number of benzene rings is 1. The maximum Gasteiger partial charge on any atom is 0.151 e. The molecule has 7 heteroatoms. The highest BCUT2D eigenvalue weighted by Crippen LogP contribution is 2.18. The summed E-state index contributed by atoms with van der Waals surface area (Å²) in [5.74, 6) is 4.97. The fraction of sp³-hybridized carbons (Fsp3) is 0.455. The number of hydrogen-bond donors (Lipinski definition) is 2. The molecule has 0 amide bonds. The summed E-state index contributed by atoms with van der Waals surface area (Å²) in [6.45, 7) is 1.55. The summed E-state index contributed by atoms with van der Waals surface area (Å²) in [5, 5.41) is -0.689. The van der Waals surface area contributed by atoms with Gasteiger partial charge in [-0.05, 0) is 31.0 Å². The Bertz CT molecular complexity index is 522. The monoisotopic (exact) mass is 338 g/mol. The van der Waals surface area contributed by atoms with Crippen LogP contribution in [0.5, 0.6) is 0 Å². The zero-order chi connectivity index (χ0) is 13.9. The molecular formula is C11H16BrFN2O2S. The fourth-order valence-corrected chi connectivity index (χ4v) is 2.69. The van der Waals surface area contributed by atoms with Crippen molar-refractivity contribution in [3.05, 3.63) is 34.1 Å². The van der Waals surface area contributed by atoms with Gasteiger partial charge >= 0.3 is 0 Å². The molecule has 2 atom stereocenters. The largest absolute Gasteiger partial charge is 0.271 e. The number of sulfone groups is 1. The summed E-state index contributed by atoms with van der Waals surface area (Å²) >= 11 is 3.16. The highest BCUT2D eigenvalue weighted by atomic mass is 79.9. The van der Waals surface area contributed by atoms with Gasteiger partial charge in [-0.15, -0.1) is 0 Å². The lowest BCUT2D eigenvalue weighted by Gasteiger charge is -2.22. The molecule has 0 radical (unpaired) electrons. The van der Waals surface area contributed by atoms with E-state index in [-0.39, 0.29) is 12.2 Å². The van der Waals surface area contributed by atoms with Gasteiger partial charge in [0, 0.05) is 16.8 Å². The standard InChI is InChI=1S/C11H16BrFN2O2S/c1-7(18(2,16)17)11(15-14)5-8-3-4-9(12)6-10(8)13/h3-4,6-7,11,15H,5,14H2,1-2H3. The van der Waals surface area contributed by atoms with Crippen molar-refractivity contribution in [3.8, 4) is 0 Å². The van der Waals surface area contributed by atoms with Crippen molar-refractivity contribution in [1.29, 1.82) is 0 Å². The molecule has 1 aromatic rings. The Morgan fingerprint density at radius 2 is 2.11 bits per heavy atom. The maximum atomic E-state index is 13.7. The van der Waals surface area contributed by atoms with Crippen molar-refractivity contribution in [2.24, 2.45) is 5.84 Å². The lowest BCUT2D eigenvalue weighted by Crippen LogP contribution is -2.47. The Labute approximate surface area is 115 Å². The Kier molecular flexibility index (Phi) is 5.27. The lowest BCUT2D eigenvalue weighted by molar-refractivity contribution is 0.484. The van der Waals surface area contributed by atoms with Gasteiger partial charge in [0.2, 0.25) is 0 Å². The topological polar surface area (TPSA) is 72.2 Å². The van der Waals surface area contributed by atoms with Gasteiger partial charge < -0.3 is 0 Å². The van der Waals surface area contributed by atoms with E-state index in [0.29, 0.717) is 10.0 Å². The molecule has 0 aliphatic rings. The van der Waals surface area contributed by atoms with E-state index < -0.39 is 21.1 Å². The molecule has 0 aliphatic carbocycles. The number of rotatable bonds is 5. The molecule has 3 N–H and O–H groups in total. The van der Waals surface area contributed by atoms with Crippen LogP contribution in [0.2, 0.25) is 0 Å². The number of halogens is 2. The van der Waals surface area contributed by atoms with Gasteiger partial charge in [0.25, 0.3) is 0 Å². The smallest absolute Gasteiger partial charge is 0.151 e. The quantitative estimate of drug-likeness (QED) is 0.628. The normalized spacial score (nSPS) is 15.4. The van der Waals surface area contributed by atoms with Crippen LogP contribution in [0.3, 0.4) is 0 Å². The van der Waals surface area contributed by atoms with Gasteiger partial charge in [-0.1, -0.05) is 22.0 Å².